The molecule has 6 aromatic carbocycles. The maximum Gasteiger partial charge on any atom is 0.0541 e. The van der Waals surface area contributed by atoms with Gasteiger partial charge in [0.05, 0.1) is 22.1 Å². The van der Waals surface area contributed by atoms with E-state index in [9.17, 15) is 0 Å². The van der Waals surface area contributed by atoms with Gasteiger partial charge in [-0.15, -0.1) is 0 Å². The molecule has 0 aliphatic heterocycles. The van der Waals surface area contributed by atoms with Gasteiger partial charge in [-0.1, -0.05) is 91.0 Å². The number of para-hydroxylation sites is 3. The quantitative estimate of drug-likeness (QED) is 0.217. The Bertz CT molecular complexity index is 2260. The van der Waals surface area contributed by atoms with Crippen molar-refractivity contribution in [3.8, 4) is 22.5 Å². The molecule has 0 atom stereocenters. The lowest BCUT2D eigenvalue weighted by Crippen LogP contribution is -1.94. The van der Waals surface area contributed by atoms with Gasteiger partial charge in [-0.05, 0) is 84.3 Å². The average Bonchev–Trinajstić information content (AvgIpc) is 3.54. The molecule has 0 fully saturated rings. The van der Waals surface area contributed by atoms with Gasteiger partial charge in [0, 0.05) is 32.9 Å². The molecule has 194 valence electrons. The van der Waals surface area contributed by atoms with Crippen molar-refractivity contribution in [2.75, 3.05) is 0 Å². The number of allylic oxidation sites excluding steroid dienone is 1. The van der Waals surface area contributed by atoms with Crippen LogP contribution in [0.2, 0.25) is 0 Å². The van der Waals surface area contributed by atoms with Crippen LogP contribution in [0.5, 0.6) is 0 Å². The average molecular weight is 525 g/mol. The van der Waals surface area contributed by atoms with E-state index in [-0.39, 0.29) is 0 Å². The predicted octanol–water partition coefficient (Wildman–Crippen LogP) is 10.6. The minimum atomic E-state index is 1.08. The molecule has 0 amide bonds. The summed E-state index contributed by atoms with van der Waals surface area (Å²) in [5.41, 5.74) is 11.9. The van der Waals surface area contributed by atoms with Gasteiger partial charge in [0.15, 0.2) is 0 Å². The first-order chi connectivity index (χ1) is 20.2. The Hall–Kier alpha value is -5.34. The maximum atomic E-state index is 4.10. The second-order valence-corrected chi connectivity index (χ2v) is 10.8. The smallest absolute Gasteiger partial charge is 0.0541 e. The Morgan fingerprint density at radius 3 is 1.39 bits per heavy atom. The molecule has 0 saturated carbocycles. The molecule has 0 aliphatic carbocycles. The molecule has 0 spiro atoms. The van der Waals surface area contributed by atoms with Gasteiger partial charge in [-0.2, -0.15) is 0 Å². The molecule has 8 rings (SSSR count). The Morgan fingerprint density at radius 1 is 0.439 bits per heavy atom. The van der Waals surface area contributed by atoms with Crippen molar-refractivity contribution in [2.45, 2.75) is 6.92 Å². The zero-order valence-corrected chi connectivity index (χ0v) is 22.9. The van der Waals surface area contributed by atoms with Crippen LogP contribution in [0.15, 0.2) is 146 Å². The summed E-state index contributed by atoms with van der Waals surface area (Å²) in [7, 11) is 0. The number of fused-ring (bicyclic) bond motifs is 6. The summed E-state index contributed by atoms with van der Waals surface area (Å²) >= 11 is 0. The zero-order chi connectivity index (χ0) is 27.5. The van der Waals surface area contributed by atoms with Crippen LogP contribution in [0.25, 0.3) is 71.7 Å². The second kappa shape index (κ2) is 9.11. The van der Waals surface area contributed by atoms with E-state index in [1.165, 1.54) is 66.0 Å². The summed E-state index contributed by atoms with van der Waals surface area (Å²) < 4.78 is 4.73. The van der Waals surface area contributed by atoms with Gasteiger partial charge in [-0.25, -0.2) is 0 Å². The lowest BCUT2D eigenvalue weighted by molar-refractivity contribution is 1.18. The van der Waals surface area contributed by atoms with Crippen molar-refractivity contribution in [1.82, 2.24) is 9.13 Å². The molecule has 0 N–H and O–H groups in total. The first kappa shape index (κ1) is 23.5. The van der Waals surface area contributed by atoms with E-state index in [2.05, 4.69) is 155 Å². The van der Waals surface area contributed by atoms with Crippen LogP contribution in [-0.2, 0) is 0 Å². The molecule has 0 unspecified atom stereocenters. The topological polar surface area (TPSA) is 9.86 Å². The molecular formula is C39H28N2. The molecule has 0 aliphatic rings. The largest absolute Gasteiger partial charge is 0.309 e. The van der Waals surface area contributed by atoms with Gasteiger partial charge in [0.1, 0.15) is 0 Å². The molecule has 0 saturated heterocycles. The fourth-order valence-electron chi connectivity index (χ4n) is 6.33. The molecule has 2 heterocycles. The van der Waals surface area contributed by atoms with Gasteiger partial charge < -0.3 is 9.13 Å². The summed E-state index contributed by atoms with van der Waals surface area (Å²) in [5.74, 6) is 0. The third-order valence-corrected chi connectivity index (χ3v) is 8.31. The number of nitrogens with zero attached hydrogens (tertiary/aromatic N) is 2. The number of hydrogen-bond donors (Lipinski definition) is 0. The third-order valence-electron chi connectivity index (χ3n) is 8.31. The van der Waals surface area contributed by atoms with E-state index >= 15 is 0 Å². The Kier molecular flexibility index (Phi) is 5.23. The van der Waals surface area contributed by atoms with Crippen molar-refractivity contribution < 1.29 is 0 Å². The molecule has 2 nitrogen and oxygen atoms in total. The highest BCUT2D eigenvalue weighted by Gasteiger charge is 2.15. The standard InChI is InChI=1S/C39H28N2/c1-26(2)27-16-20-31(21-17-27)41-37-15-9-7-13-33(37)35-25-29(19-23-39(35)41)28-18-22-38-34(24-28)32-12-6-8-14-36(32)40(38)30-10-4-3-5-11-30/h3-25H,1H2,2H3. The summed E-state index contributed by atoms with van der Waals surface area (Å²) in [5, 5.41) is 5.05. The van der Waals surface area contributed by atoms with Gasteiger partial charge in [0.2, 0.25) is 0 Å². The highest BCUT2D eigenvalue weighted by molar-refractivity contribution is 6.12. The molecule has 8 aromatic rings. The number of benzene rings is 6. The molecule has 0 radical (unpaired) electrons. The van der Waals surface area contributed by atoms with Crippen LogP contribution in [-0.4, -0.2) is 9.13 Å². The van der Waals surface area contributed by atoms with Crippen LogP contribution in [0.3, 0.4) is 0 Å². The van der Waals surface area contributed by atoms with Gasteiger partial charge in [0.25, 0.3) is 0 Å². The van der Waals surface area contributed by atoms with Crippen LogP contribution in [0.4, 0.5) is 0 Å². The zero-order valence-electron chi connectivity index (χ0n) is 22.9. The fourth-order valence-corrected chi connectivity index (χ4v) is 6.33. The minimum absolute atomic E-state index is 1.08. The number of hydrogen-bond acceptors (Lipinski definition) is 0. The lowest BCUT2D eigenvalue weighted by Gasteiger charge is -2.10. The SMILES string of the molecule is C=C(C)c1ccc(-n2c3ccccc3c3cc(-c4ccc5c(c4)c4ccccc4n5-c4ccccc4)ccc32)cc1. The van der Waals surface area contributed by atoms with Crippen molar-refractivity contribution in [3.63, 3.8) is 0 Å². The highest BCUT2D eigenvalue weighted by atomic mass is 15.0. The summed E-state index contributed by atoms with van der Waals surface area (Å²) in [6, 6.07) is 50.5. The first-order valence-corrected chi connectivity index (χ1v) is 14.1. The second-order valence-electron chi connectivity index (χ2n) is 10.8. The first-order valence-electron chi connectivity index (χ1n) is 14.1. The van der Waals surface area contributed by atoms with Crippen molar-refractivity contribution >= 4 is 49.2 Å². The van der Waals surface area contributed by atoms with Crippen LogP contribution in [0.1, 0.15) is 12.5 Å². The van der Waals surface area contributed by atoms with Crippen molar-refractivity contribution in [2.24, 2.45) is 0 Å². The van der Waals surface area contributed by atoms with E-state index in [0.29, 0.717) is 0 Å². The predicted molar refractivity (Wildman–Crippen MR) is 175 cm³/mol. The molecule has 41 heavy (non-hydrogen) atoms. The third kappa shape index (κ3) is 3.65. The van der Waals surface area contributed by atoms with E-state index < -0.39 is 0 Å². The van der Waals surface area contributed by atoms with E-state index in [1.54, 1.807) is 0 Å². The van der Waals surface area contributed by atoms with E-state index in [4.69, 9.17) is 0 Å². The highest BCUT2D eigenvalue weighted by Crippen LogP contribution is 2.38. The van der Waals surface area contributed by atoms with Gasteiger partial charge in [-0.3, -0.25) is 0 Å². The summed E-state index contributed by atoms with van der Waals surface area (Å²) in [4.78, 5) is 0. The monoisotopic (exact) mass is 524 g/mol. The molecular weight excluding hydrogens is 496 g/mol. The Balaban J connectivity index is 1.32. The molecule has 0 bridgehead atoms. The minimum Gasteiger partial charge on any atom is -0.309 e. The summed E-state index contributed by atoms with van der Waals surface area (Å²) in [6.45, 7) is 6.15. The van der Waals surface area contributed by atoms with Gasteiger partial charge >= 0.3 is 0 Å². The summed E-state index contributed by atoms with van der Waals surface area (Å²) in [6.07, 6.45) is 0. The lowest BCUT2D eigenvalue weighted by atomic mass is 10.0. The number of aromatic nitrogens is 2. The molecule has 2 heteroatoms. The van der Waals surface area contributed by atoms with Crippen LogP contribution in [0, 0.1) is 0 Å². The Morgan fingerprint density at radius 2 is 0.878 bits per heavy atom. The fraction of sp³-hybridized carbons (Fsp3) is 0.0256. The van der Waals surface area contributed by atoms with E-state index in [1.807, 2.05) is 6.92 Å². The van der Waals surface area contributed by atoms with E-state index in [0.717, 1.165) is 11.3 Å². The van der Waals surface area contributed by atoms with Crippen molar-refractivity contribution in [1.29, 1.82) is 0 Å². The molecule has 2 aromatic heterocycles. The van der Waals surface area contributed by atoms with Crippen LogP contribution < -0.4 is 0 Å². The number of rotatable bonds is 4. The Labute approximate surface area is 239 Å². The maximum absolute atomic E-state index is 4.10. The van der Waals surface area contributed by atoms with Crippen LogP contribution >= 0.6 is 0 Å². The normalized spacial score (nSPS) is 11.6. The van der Waals surface area contributed by atoms with Crippen molar-refractivity contribution in [3.05, 3.63) is 152 Å².